The maximum Gasteiger partial charge on any atom is 0.225 e. The summed E-state index contributed by atoms with van der Waals surface area (Å²) in [5, 5.41) is 19.0. The van der Waals surface area contributed by atoms with E-state index in [1.807, 2.05) is 0 Å². The molecule has 2 aliphatic rings. The molecular formula is C12H21NO3. The average molecular weight is 227 g/mol. The molecule has 0 bridgehead atoms. The van der Waals surface area contributed by atoms with Crippen LogP contribution in [-0.4, -0.2) is 46.8 Å². The van der Waals surface area contributed by atoms with Crippen LogP contribution < -0.4 is 0 Å². The summed E-state index contributed by atoms with van der Waals surface area (Å²) in [6.45, 7) is 1.23. The van der Waals surface area contributed by atoms with Crippen LogP contribution in [-0.2, 0) is 4.79 Å². The first-order valence-corrected chi connectivity index (χ1v) is 6.22. The van der Waals surface area contributed by atoms with Gasteiger partial charge in [0.2, 0.25) is 5.91 Å². The molecule has 2 rings (SSSR count). The Morgan fingerprint density at radius 2 is 2.00 bits per heavy atom. The average Bonchev–Trinajstić information content (AvgIpc) is 2.59. The molecule has 16 heavy (non-hydrogen) atoms. The number of rotatable bonds is 3. The van der Waals surface area contributed by atoms with Crippen LogP contribution in [0.25, 0.3) is 0 Å². The standard InChI is InChI=1S/C12H21NO3/c14-9-12(4-2-1-3-5-12)8-13-7-10(15)6-11(13)16/h10,14-15H,1-9H2. The van der Waals surface area contributed by atoms with Crippen LogP contribution in [0.4, 0.5) is 0 Å². The second kappa shape index (κ2) is 4.72. The third-order valence-corrected chi connectivity index (χ3v) is 3.97. The van der Waals surface area contributed by atoms with Gasteiger partial charge in [0.25, 0.3) is 0 Å². The number of aliphatic hydroxyl groups is 2. The smallest absolute Gasteiger partial charge is 0.225 e. The number of likely N-dealkylation sites (tertiary alicyclic amines) is 1. The first-order valence-electron chi connectivity index (χ1n) is 6.22. The van der Waals surface area contributed by atoms with E-state index >= 15 is 0 Å². The fourth-order valence-electron chi connectivity index (χ4n) is 2.98. The van der Waals surface area contributed by atoms with Gasteiger partial charge in [-0.25, -0.2) is 0 Å². The molecule has 1 unspecified atom stereocenters. The van der Waals surface area contributed by atoms with Crippen molar-refractivity contribution in [3.8, 4) is 0 Å². The molecule has 0 aromatic carbocycles. The molecule has 1 saturated heterocycles. The molecule has 92 valence electrons. The van der Waals surface area contributed by atoms with Crippen molar-refractivity contribution in [2.75, 3.05) is 19.7 Å². The zero-order valence-electron chi connectivity index (χ0n) is 9.69. The summed E-state index contributed by atoms with van der Waals surface area (Å²) in [6.07, 6.45) is 5.27. The van der Waals surface area contributed by atoms with E-state index in [1.54, 1.807) is 4.90 Å². The minimum atomic E-state index is -0.508. The first kappa shape index (κ1) is 11.9. The molecule has 0 aromatic heterocycles. The Labute approximate surface area is 96.3 Å². The van der Waals surface area contributed by atoms with Crippen molar-refractivity contribution in [1.82, 2.24) is 4.90 Å². The first-order chi connectivity index (χ1) is 7.65. The predicted octanol–water partition coefficient (Wildman–Crippen LogP) is 0.522. The van der Waals surface area contributed by atoms with Crippen molar-refractivity contribution in [2.24, 2.45) is 5.41 Å². The van der Waals surface area contributed by atoms with Crippen LogP contribution in [0.5, 0.6) is 0 Å². The van der Waals surface area contributed by atoms with Crippen LogP contribution in [0.3, 0.4) is 0 Å². The highest BCUT2D eigenvalue weighted by Crippen LogP contribution is 2.37. The van der Waals surface area contributed by atoms with Gasteiger partial charge in [0.1, 0.15) is 0 Å². The maximum absolute atomic E-state index is 11.6. The summed E-state index contributed by atoms with van der Waals surface area (Å²) in [5.74, 6) is 0.0332. The molecule has 2 N–H and O–H groups in total. The predicted molar refractivity (Wildman–Crippen MR) is 59.8 cm³/mol. The number of hydrogen-bond donors (Lipinski definition) is 2. The Bertz CT molecular complexity index is 261. The molecule has 0 spiro atoms. The normalized spacial score (nSPS) is 29.8. The number of hydrogen-bond acceptors (Lipinski definition) is 3. The zero-order valence-corrected chi connectivity index (χ0v) is 9.69. The number of carbonyl (C=O) groups is 1. The Balaban J connectivity index is 1.98. The highest BCUT2D eigenvalue weighted by atomic mass is 16.3. The summed E-state index contributed by atoms with van der Waals surface area (Å²) in [5.41, 5.74) is -0.0992. The minimum Gasteiger partial charge on any atom is -0.396 e. The fraction of sp³-hybridized carbons (Fsp3) is 0.917. The van der Waals surface area contributed by atoms with E-state index in [1.165, 1.54) is 6.42 Å². The maximum atomic E-state index is 11.6. The summed E-state index contributed by atoms with van der Waals surface area (Å²) in [7, 11) is 0. The number of carbonyl (C=O) groups excluding carboxylic acids is 1. The highest BCUT2D eigenvalue weighted by molar-refractivity contribution is 5.79. The van der Waals surface area contributed by atoms with E-state index in [-0.39, 0.29) is 24.3 Å². The summed E-state index contributed by atoms with van der Waals surface area (Å²) >= 11 is 0. The van der Waals surface area contributed by atoms with Crippen molar-refractivity contribution in [1.29, 1.82) is 0 Å². The molecule has 2 fully saturated rings. The monoisotopic (exact) mass is 227 g/mol. The van der Waals surface area contributed by atoms with Crippen molar-refractivity contribution in [3.63, 3.8) is 0 Å². The Hall–Kier alpha value is -0.610. The lowest BCUT2D eigenvalue weighted by molar-refractivity contribution is -0.130. The lowest BCUT2D eigenvalue weighted by Crippen LogP contribution is -2.42. The molecule has 1 saturated carbocycles. The molecule has 0 radical (unpaired) electrons. The molecule has 4 heteroatoms. The summed E-state index contributed by atoms with van der Waals surface area (Å²) < 4.78 is 0. The number of amides is 1. The lowest BCUT2D eigenvalue weighted by Gasteiger charge is -2.38. The van der Waals surface area contributed by atoms with Gasteiger partial charge in [-0.1, -0.05) is 19.3 Å². The van der Waals surface area contributed by atoms with Gasteiger partial charge in [0, 0.05) is 18.5 Å². The number of nitrogens with zero attached hydrogens (tertiary/aromatic N) is 1. The molecule has 1 amide bonds. The van der Waals surface area contributed by atoms with Gasteiger partial charge in [-0.15, -0.1) is 0 Å². The quantitative estimate of drug-likeness (QED) is 0.739. The van der Waals surface area contributed by atoms with Crippen LogP contribution in [0, 0.1) is 5.41 Å². The van der Waals surface area contributed by atoms with E-state index in [4.69, 9.17) is 0 Å². The molecule has 1 aliphatic heterocycles. The Morgan fingerprint density at radius 3 is 2.50 bits per heavy atom. The Kier molecular flexibility index (Phi) is 3.50. The van der Waals surface area contributed by atoms with Gasteiger partial charge in [0.15, 0.2) is 0 Å². The minimum absolute atomic E-state index is 0.0332. The van der Waals surface area contributed by atoms with E-state index in [2.05, 4.69) is 0 Å². The zero-order chi connectivity index (χ0) is 11.6. The Morgan fingerprint density at radius 1 is 1.31 bits per heavy atom. The summed E-state index contributed by atoms with van der Waals surface area (Å²) in [6, 6.07) is 0. The molecular weight excluding hydrogens is 206 g/mol. The SMILES string of the molecule is O=C1CC(O)CN1CC1(CO)CCCCC1. The molecule has 1 aliphatic carbocycles. The van der Waals surface area contributed by atoms with E-state index in [0.717, 1.165) is 25.7 Å². The molecule has 0 aromatic rings. The van der Waals surface area contributed by atoms with Crippen molar-refractivity contribution < 1.29 is 15.0 Å². The van der Waals surface area contributed by atoms with Gasteiger partial charge < -0.3 is 15.1 Å². The largest absolute Gasteiger partial charge is 0.396 e. The van der Waals surface area contributed by atoms with Crippen molar-refractivity contribution in [2.45, 2.75) is 44.6 Å². The van der Waals surface area contributed by atoms with Crippen LogP contribution in [0.15, 0.2) is 0 Å². The van der Waals surface area contributed by atoms with Gasteiger partial charge in [-0.2, -0.15) is 0 Å². The van der Waals surface area contributed by atoms with Crippen LogP contribution >= 0.6 is 0 Å². The van der Waals surface area contributed by atoms with E-state index in [9.17, 15) is 15.0 Å². The van der Waals surface area contributed by atoms with Crippen LogP contribution in [0.2, 0.25) is 0 Å². The van der Waals surface area contributed by atoms with Crippen LogP contribution in [0.1, 0.15) is 38.5 Å². The van der Waals surface area contributed by atoms with Gasteiger partial charge in [0.05, 0.1) is 19.1 Å². The molecule has 4 nitrogen and oxygen atoms in total. The topological polar surface area (TPSA) is 60.8 Å². The van der Waals surface area contributed by atoms with E-state index < -0.39 is 6.10 Å². The van der Waals surface area contributed by atoms with Gasteiger partial charge in [-0.05, 0) is 12.8 Å². The van der Waals surface area contributed by atoms with Crippen molar-refractivity contribution >= 4 is 5.91 Å². The molecule has 1 heterocycles. The van der Waals surface area contributed by atoms with Crippen molar-refractivity contribution in [3.05, 3.63) is 0 Å². The fourth-order valence-corrected chi connectivity index (χ4v) is 2.98. The third kappa shape index (κ3) is 2.38. The lowest BCUT2D eigenvalue weighted by atomic mass is 9.74. The summed E-state index contributed by atoms with van der Waals surface area (Å²) in [4.78, 5) is 13.3. The van der Waals surface area contributed by atoms with E-state index in [0.29, 0.717) is 13.1 Å². The second-order valence-corrected chi connectivity index (χ2v) is 5.35. The third-order valence-electron chi connectivity index (χ3n) is 3.97. The highest BCUT2D eigenvalue weighted by Gasteiger charge is 2.37. The van der Waals surface area contributed by atoms with Gasteiger partial charge in [-0.3, -0.25) is 4.79 Å². The number of β-amino-alcohol motifs (C(OH)–C–C–N with tert-alkyl or cyclic N) is 1. The molecule has 1 atom stereocenters. The second-order valence-electron chi connectivity index (χ2n) is 5.35. The number of aliphatic hydroxyl groups excluding tert-OH is 2. The van der Waals surface area contributed by atoms with Gasteiger partial charge >= 0.3 is 0 Å².